The maximum absolute atomic E-state index is 11.7. The third-order valence-electron chi connectivity index (χ3n) is 2.78. The van der Waals surface area contributed by atoms with Crippen LogP contribution >= 0.6 is 0 Å². The summed E-state index contributed by atoms with van der Waals surface area (Å²) in [6.07, 6.45) is 2.02. The molecule has 5 heteroatoms. The van der Waals surface area contributed by atoms with E-state index >= 15 is 0 Å². The number of nitrogens with zero attached hydrogens (tertiary/aromatic N) is 1. The van der Waals surface area contributed by atoms with Crippen molar-refractivity contribution < 1.29 is 19.5 Å². The van der Waals surface area contributed by atoms with Gasteiger partial charge in [-0.1, -0.05) is 19.9 Å². The van der Waals surface area contributed by atoms with Gasteiger partial charge < -0.3 is 5.11 Å². The zero-order valence-corrected chi connectivity index (χ0v) is 10.3. The van der Waals surface area contributed by atoms with Crippen molar-refractivity contribution in [2.24, 2.45) is 5.41 Å². The molecule has 1 aliphatic heterocycles. The van der Waals surface area contributed by atoms with Gasteiger partial charge in [0.15, 0.2) is 0 Å². The van der Waals surface area contributed by atoms with Gasteiger partial charge in [0.25, 0.3) is 0 Å². The Morgan fingerprint density at radius 3 is 2.24 bits per heavy atom. The van der Waals surface area contributed by atoms with E-state index in [1.807, 2.05) is 13.8 Å². The highest BCUT2D eigenvalue weighted by molar-refractivity contribution is 5.98. The molecule has 17 heavy (non-hydrogen) atoms. The molecule has 1 fully saturated rings. The molecule has 0 aromatic heterocycles. The number of amides is 2. The predicted molar refractivity (Wildman–Crippen MR) is 61.1 cm³/mol. The lowest BCUT2D eigenvalue weighted by atomic mass is 9.82. The first-order valence-corrected chi connectivity index (χ1v) is 5.46. The second-order valence-corrected chi connectivity index (χ2v) is 5.11. The Balaban J connectivity index is 2.73. The largest absolute Gasteiger partial charge is 0.478 e. The second kappa shape index (κ2) is 4.69. The number of carbonyl (C=O) groups is 3. The smallest absolute Gasteiger partial charge is 0.331 e. The standard InChI is InChI=1S/C12H17NO4/c1-8(11(16)17)4-5-13-9(14)6-12(2,3)7-10(13)15/h4H,5-7H2,1-3H3,(H,16,17). The number of carboxylic acid groups (broad SMARTS) is 1. The monoisotopic (exact) mass is 239 g/mol. The fourth-order valence-corrected chi connectivity index (χ4v) is 1.73. The van der Waals surface area contributed by atoms with E-state index in [0.717, 1.165) is 4.90 Å². The minimum Gasteiger partial charge on any atom is -0.478 e. The zero-order chi connectivity index (χ0) is 13.2. The Kier molecular flexibility index (Phi) is 3.70. The first-order chi connectivity index (χ1) is 7.73. The Labute approximate surface area is 100 Å². The number of imide groups is 1. The van der Waals surface area contributed by atoms with E-state index in [1.54, 1.807) is 0 Å². The highest BCUT2D eigenvalue weighted by Gasteiger charge is 2.36. The highest BCUT2D eigenvalue weighted by atomic mass is 16.4. The van der Waals surface area contributed by atoms with Crippen molar-refractivity contribution in [2.45, 2.75) is 33.6 Å². The minimum atomic E-state index is -1.04. The Morgan fingerprint density at radius 2 is 1.82 bits per heavy atom. The van der Waals surface area contributed by atoms with Gasteiger partial charge >= 0.3 is 5.97 Å². The van der Waals surface area contributed by atoms with Crippen molar-refractivity contribution in [3.8, 4) is 0 Å². The Morgan fingerprint density at radius 1 is 1.35 bits per heavy atom. The van der Waals surface area contributed by atoms with Crippen LogP contribution in [0.4, 0.5) is 0 Å². The van der Waals surface area contributed by atoms with Crippen molar-refractivity contribution >= 4 is 17.8 Å². The van der Waals surface area contributed by atoms with Crippen LogP contribution < -0.4 is 0 Å². The maximum Gasteiger partial charge on any atom is 0.331 e. The molecule has 0 atom stereocenters. The van der Waals surface area contributed by atoms with E-state index in [-0.39, 0.29) is 29.3 Å². The van der Waals surface area contributed by atoms with E-state index in [0.29, 0.717) is 12.8 Å². The van der Waals surface area contributed by atoms with Crippen LogP contribution in [0.1, 0.15) is 33.6 Å². The van der Waals surface area contributed by atoms with Crippen molar-refractivity contribution in [3.05, 3.63) is 11.6 Å². The molecule has 0 aromatic carbocycles. The summed E-state index contributed by atoms with van der Waals surface area (Å²) in [5, 5.41) is 8.67. The lowest BCUT2D eigenvalue weighted by Crippen LogP contribution is -2.46. The molecule has 2 amide bonds. The van der Waals surface area contributed by atoms with Gasteiger partial charge in [0.1, 0.15) is 0 Å². The fourth-order valence-electron chi connectivity index (χ4n) is 1.73. The summed E-state index contributed by atoms with van der Waals surface area (Å²) >= 11 is 0. The molecule has 1 saturated heterocycles. The predicted octanol–water partition coefficient (Wildman–Crippen LogP) is 1.19. The first-order valence-electron chi connectivity index (χ1n) is 5.46. The fraction of sp³-hybridized carbons (Fsp3) is 0.583. The van der Waals surface area contributed by atoms with Gasteiger partial charge in [-0.3, -0.25) is 14.5 Å². The number of likely N-dealkylation sites (tertiary alicyclic amines) is 1. The summed E-state index contributed by atoms with van der Waals surface area (Å²) in [6.45, 7) is 5.23. The Bertz CT molecular complexity index is 375. The molecular formula is C12H17NO4. The molecule has 0 bridgehead atoms. The van der Waals surface area contributed by atoms with Gasteiger partial charge in [-0.05, 0) is 12.3 Å². The molecule has 0 radical (unpaired) electrons. The molecule has 0 aromatic rings. The van der Waals surface area contributed by atoms with Crippen LogP contribution in [-0.2, 0) is 14.4 Å². The molecule has 1 heterocycles. The summed E-state index contributed by atoms with van der Waals surface area (Å²) < 4.78 is 0. The number of hydrogen-bond acceptors (Lipinski definition) is 3. The van der Waals surface area contributed by atoms with E-state index in [2.05, 4.69) is 0 Å². The number of piperidine rings is 1. The van der Waals surface area contributed by atoms with E-state index in [4.69, 9.17) is 5.11 Å². The van der Waals surface area contributed by atoms with E-state index in [9.17, 15) is 14.4 Å². The number of carbonyl (C=O) groups excluding carboxylic acids is 2. The molecular weight excluding hydrogens is 222 g/mol. The van der Waals surface area contributed by atoms with Gasteiger partial charge in [-0.2, -0.15) is 0 Å². The van der Waals surface area contributed by atoms with Crippen molar-refractivity contribution in [2.75, 3.05) is 6.54 Å². The van der Waals surface area contributed by atoms with Gasteiger partial charge in [-0.15, -0.1) is 0 Å². The van der Waals surface area contributed by atoms with Crippen molar-refractivity contribution in [3.63, 3.8) is 0 Å². The number of carboxylic acids is 1. The quantitative estimate of drug-likeness (QED) is 0.593. The number of hydrogen-bond donors (Lipinski definition) is 1. The summed E-state index contributed by atoms with van der Waals surface area (Å²) in [4.78, 5) is 35.2. The van der Waals surface area contributed by atoms with Crippen LogP contribution in [0.5, 0.6) is 0 Å². The van der Waals surface area contributed by atoms with Gasteiger partial charge in [0.2, 0.25) is 11.8 Å². The molecule has 1 rings (SSSR count). The topological polar surface area (TPSA) is 74.7 Å². The summed E-state index contributed by atoms with van der Waals surface area (Å²) in [5.41, 5.74) is -0.161. The molecule has 0 spiro atoms. The van der Waals surface area contributed by atoms with Crippen molar-refractivity contribution in [1.29, 1.82) is 0 Å². The molecule has 0 aliphatic carbocycles. The van der Waals surface area contributed by atoms with Crippen LogP contribution in [0.3, 0.4) is 0 Å². The van der Waals surface area contributed by atoms with Crippen LogP contribution in [0.15, 0.2) is 11.6 Å². The van der Waals surface area contributed by atoms with E-state index in [1.165, 1.54) is 13.0 Å². The van der Waals surface area contributed by atoms with E-state index < -0.39 is 5.97 Å². The average Bonchev–Trinajstić information content (AvgIpc) is 2.13. The zero-order valence-electron chi connectivity index (χ0n) is 10.3. The van der Waals surface area contributed by atoms with Gasteiger partial charge in [0.05, 0.1) is 0 Å². The Hall–Kier alpha value is -1.65. The summed E-state index contributed by atoms with van der Waals surface area (Å²) in [7, 11) is 0. The molecule has 1 aliphatic rings. The summed E-state index contributed by atoms with van der Waals surface area (Å²) in [6, 6.07) is 0. The molecule has 0 unspecified atom stereocenters. The highest BCUT2D eigenvalue weighted by Crippen LogP contribution is 2.31. The lowest BCUT2D eigenvalue weighted by molar-refractivity contribution is -0.151. The third-order valence-corrected chi connectivity index (χ3v) is 2.78. The number of rotatable bonds is 3. The molecule has 1 N–H and O–H groups in total. The molecule has 5 nitrogen and oxygen atoms in total. The third kappa shape index (κ3) is 3.41. The second-order valence-electron chi connectivity index (χ2n) is 5.11. The average molecular weight is 239 g/mol. The van der Waals surface area contributed by atoms with Crippen LogP contribution in [0.25, 0.3) is 0 Å². The normalized spacial score (nSPS) is 20.6. The first kappa shape index (κ1) is 13.4. The maximum atomic E-state index is 11.7. The van der Waals surface area contributed by atoms with Crippen molar-refractivity contribution in [1.82, 2.24) is 4.90 Å². The van der Waals surface area contributed by atoms with Crippen LogP contribution in [-0.4, -0.2) is 34.3 Å². The van der Waals surface area contributed by atoms with Crippen LogP contribution in [0.2, 0.25) is 0 Å². The summed E-state index contributed by atoms with van der Waals surface area (Å²) in [5.74, 6) is -1.51. The SMILES string of the molecule is CC(=CCN1C(=O)CC(C)(C)CC1=O)C(=O)O. The van der Waals surface area contributed by atoms with Crippen LogP contribution in [0, 0.1) is 5.41 Å². The number of aliphatic carboxylic acids is 1. The van der Waals surface area contributed by atoms with Gasteiger partial charge in [-0.25, -0.2) is 4.79 Å². The molecule has 94 valence electrons. The lowest BCUT2D eigenvalue weighted by Gasteiger charge is -2.34. The minimum absolute atomic E-state index is 0.0475. The molecule has 0 saturated carbocycles. The van der Waals surface area contributed by atoms with Gasteiger partial charge in [0, 0.05) is 25.0 Å².